The van der Waals surface area contributed by atoms with E-state index in [1.807, 2.05) is 26.0 Å². The first-order chi connectivity index (χ1) is 15.9. The number of non-ortho nitro benzene ring substituents is 1. The smallest absolute Gasteiger partial charge is 0.269 e. The predicted molar refractivity (Wildman–Crippen MR) is 123 cm³/mol. The van der Waals surface area contributed by atoms with Gasteiger partial charge >= 0.3 is 0 Å². The number of pyridine rings is 1. The van der Waals surface area contributed by atoms with E-state index in [1.165, 1.54) is 18.2 Å². The SMILES string of the molecule is CC(C)c1nc(-c2ccc(N3CCN(C(=O)/C=C\c4ccc([N+](=O)[O-])cc4)CC3)nc2)no1. The van der Waals surface area contributed by atoms with Crippen molar-refractivity contribution in [2.45, 2.75) is 19.8 Å². The number of piperazine rings is 1. The van der Waals surface area contributed by atoms with E-state index in [0.717, 1.165) is 16.9 Å². The summed E-state index contributed by atoms with van der Waals surface area (Å²) in [7, 11) is 0. The van der Waals surface area contributed by atoms with Gasteiger partial charge in [0.2, 0.25) is 17.6 Å². The van der Waals surface area contributed by atoms with Crippen molar-refractivity contribution in [1.82, 2.24) is 20.0 Å². The van der Waals surface area contributed by atoms with Crippen molar-refractivity contribution in [2.24, 2.45) is 0 Å². The quantitative estimate of drug-likeness (QED) is 0.319. The Bertz CT molecular complexity index is 1150. The summed E-state index contributed by atoms with van der Waals surface area (Å²) in [6.07, 6.45) is 4.90. The van der Waals surface area contributed by atoms with Gasteiger partial charge < -0.3 is 14.3 Å². The van der Waals surface area contributed by atoms with Crippen LogP contribution in [0.15, 0.2) is 53.2 Å². The maximum atomic E-state index is 12.5. The number of carbonyl (C=O) groups excluding carboxylic acids is 1. The molecule has 170 valence electrons. The van der Waals surface area contributed by atoms with Crippen LogP contribution in [0, 0.1) is 10.1 Å². The summed E-state index contributed by atoms with van der Waals surface area (Å²) in [6, 6.07) is 9.92. The molecule has 10 nitrogen and oxygen atoms in total. The number of hydrogen-bond acceptors (Lipinski definition) is 8. The fraction of sp³-hybridized carbons (Fsp3) is 0.304. The van der Waals surface area contributed by atoms with E-state index in [0.29, 0.717) is 37.9 Å². The molecule has 3 aromatic rings. The fourth-order valence-electron chi connectivity index (χ4n) is 3.43. The Morgan fingerprint density at radius 1 is 1.12 bits per heavy atom. The second-order valence-electron chi connectivity index (χ2n) is 8.01. The van der Waals surface area contributed by atoms with Gasteiger partial charge in [-0.15, -0.1) is 0 Å². The zero-order chi connectivity index (χ0) is 23.4. The minimum Gasteiger partial charge on any atom is -0.353 e. The molecule has 0 atom stereocenters. The Balaban J connectivity index is 1.31. The zero-order valence-corrected chi connectivity index (χ0v) is 18.4. The second-order valence-corrected chi connectivity index (χ2v) is 8.01. The highest BCUT2D eigenvalue weighted by Crippen LogP contribution is 2.22. The van der Waals surface area contributed by atoms with Crippen LogP contribution >= 0.6 is 0 Å². The van der Waals surface area contributed by atoms with Gasteiger partial charge in [0.05, 0.1) is 4.92 Å². The van der Waals surface area contributed by atoms with Crippen molar-refractivity contribution in [2.75, 3.05) is 31.1 Å². The predicted octanol–water partition coefficient (Wildman–Crippen LogP) is 3.53. The standard InChI is InChI=1S/C23H24N6O4/c1-16(2)23-25-22(26-33-23)18-6-9-20(24-15-18)27-11-13-28(14-12-27)21(30)10-5-17-3-7-19(8-4-17)29(31)32/h3-10,15-16H,11-14H2,1-2H3/b10-5-. The number of carbonyl (C=O) groups is 1. The van der Waals surface area contributed by atoms with Gasteiger partial charge in [-0.05, 0) is 35.9 Å². The fourth-order valence-corrected chi connectivity index (χ4v) is 3.43. The molecule has 1 aromatic carbocycles. The summed E-state index contributed by atoms with van der Waals surface area (Å²) >= 11 is 0. The monoisotopic (exact) mass is 448 g/mol. The van der Waals surface area contributed by atoms with E-state index >= 15 is 0 Å². The van der Waals surface area contributed by atoms with Crippen molar-refractivity contribution in [1.29, 1.82) is 0 Å². The highest BCUT2D eigenvalue weighted by atomic mass is 16.6. The third-order valence-electron chi connectivity index (χ3n) is 5.38. The van der Waals surface area contributed by atoms with Gasteiger partial charge in [0.15, 0.2) is 0 Å². The van der Waals surface area contributed by atoms with Crippen LogP contribution in [0.25, 0.3) is 17.5 Å². The van der Waals surface area contributed by atoms with Crippen molar-refractivity contribution in [3.8, 4) is 11.4 Å². The van der Waals surface area contributed by atoms with Crippen LogP contribution in [-0.4, -0.2) is 57.0 Å². The molecule has 3 heterocycles. The van der Waals surface area contributed by atoms with Gasteiger partial charge in [0, 0.05) is 62.1 Å². The molecule has 0 saturated carbocycles. The molecule has 0 aliphatic carbocycles. The minimum absolute atomic E-state index is 0.0221. The molecule has 0 bridgehead atoms. The van der Waals surface area contributed by atoms with Crippen LogP contribution in [0.4, 0.5) is 11.5 Å². The maximum Gasteiger partial charge on any atom is 0.269 e. The van der Waals surface area contributed by atoms with E-state index in [9.17, 15) is 14.9 Å². The van der Waals surface area contributed by atoms with Gasteiger partial charge in [0.25, 0.3) is 5.69 Å². The number of benzene rings is 1. The van der Waals surface area contributed by atoms with Gasteiger partial charge in [-0.2, -0.15) is 4.98 Å². The normalized spacial score (nSPS) is 14.3. The van der Waals surface area contributed by atoms with Crippen LogP contribution < -0.4 is 4.90 Å². The third-order valence-corrected chi connectivity index (χ3v) is 5.38. The van der Waals surface area contributed by atoms with Crippen LogP contribution in [-0.2, 0) is 4.79 Å². The number of aromatic nitrogens is 3. The van der Waals surface area contributed by atoms with E-state index in [2.05, 4.69) is 20.0 Å². The van der Waals surface area contributed by atoms with Crippen LogP contribution in [0.3, 0.4) is 0 Å². The Morgan fingerprint density at radius 3 is 2.42 bits per heavy atom. The van der Waals surface area contributed by atoms with Crippen molar-refractivity contribution in [3.05, 3.63) is 70.2 Å². The number of nitro benzene ring substituents is 1. The lowest BCUT2D eigenvalue weighted by Gasteiger charge is -2.35. The lowest BCUT2D eigenvalue weighted by atomic mass is 10.2. The average Bonchev–Trinajstić information content (AvgIpc) is 3.34. The van der Waals surface area contributed by atoms with Crippen molar-refractivity contribution >= 4 is 23.5 Å². The summed E-state index contributed by atoms with van der Waals surface area (Å²) in [6.45, 7) is 6.49. The zero-order valence-electron chi connectivity index (χ0n) is 18.4. The molecule has 1 aliphatic rings. The second kappa shape index (κ2) is 9.60. The van der Waals surface area contributed by atoms with E-state index < -0.39 is 4.92 Å². The molecule has 0 radical (unpaired) electrons. The molecule has 33 heavy (non-hydrogen) atoms. The van der Waals surface area contributed by atoms with Crippen LogP contribution in [0.2, 0.25) is 0 Å². The summed E-state index contributed by atoms with van der Waals surface area (Å²) in [4.78, 5) is 35.6. The van der Waals surface area contributed by atoms with Crippen LogP contribution in [0.5, 0.6) is 0 Å². The lowest BCUT2D eigenvalue weighted by Crippen LogP contribution is -2.48. The number of anilines is 1. The van der Waals surface area contributed by atoms with Gasteiger partial charge in [-0.3, -0.25) is 14.9 Å². The Hall–Kier alpha value is -4.08. The number of rotatable bonds is 6. The molecule has 2 aromatic heterocycles. The molecular formula is C23H24N6O4. The van der Waals surface area contributed by atoms with E-state index in [4.69, 9.17) is 4.52 Å². The Kier molecular flexibility index (Phi) is 6.43. The maximum absolute atomic E-state index is 12.5. The molecule has 0 spiro atoms. The summed E-state index contributed by atoms with van der Waals surface area (Å²) in [5.41, 5.74) is 1.55. The highest BCUT2D eigenvalue weighted by molar-refractivity contribution is 5.92. The van der Waals surface area contributed by atoms with Gasteiger partial charge in [0.1, 0.15) is 5.82 Å². The molecule has 1 saturated heterocycles. The first kappa shape index (κ1) is 22.1. The minimum atomic E-state index is -0.450. The average molecular weight is 448 g/mol. The van der Waals surface area contributed by atoms with Gasteiger partial charge in [-0.25, -0.2) is 4.98 Å². The third kappa shape index (κ3) is 5.22. The number of amides is 1. The summed E-state index contributed by atoms with van der Waals surface area (Å²) in [5, 5.41) is 14.7. The molecular weight excluding hydrogens is 424 g/mol. The van der Waals surface area contributed by atoms with E-state index in [-0.39, 0.29) is 17.5 Å². The number of nitro groups is 1. The topological polar surface area (TPSA) is 118 Å². The molecule has 1 aliphatic heterocycles. The first-order valence-electron chi connectivity index (χ1n) is 10.7. The van der Waals surface area contributed by atoms with E-state index in [1.54, 1.807) is 29.3 Å². The number of hydrogen-bond donors (Lipinski definition) is 0. The van der Waals surface area contributed by atoms with Crippen molar-refractivity contribution in [3.63, 3.8) is 0 Å². The Labute approximate surface area is 190 Å². The molecule has 1 amide bonds. The lowest BCUT2D eigenvalue weighted by molar-refractivity contribution is -0.384. The molecule has 0 N–H and O–H groups in total. The largest absolute Gasteiger partial charge is 0.353 e. The van der Waals surface area contributed by atoms with Crippen LogP contribution in [0.1, 0.15) is 31.2 Å². The molecule has 4 rings (SSSR count). The van der Waals surface area contributed by atoms with Crippen molar-refractivity contribution < 1.29 is 14.2 Å². The van der Waals surface area contributed by atoms with Gasteiger partial charge in [-0.1, -0.05) is 19.0 Å². The summed E-state index contributed by atoms with van der Waals surface area (Å²) in [5.74, 6) is 2.03. The first-order valence-corrected chi connectivity index (χ1v) is 10.7. The summed E-state index contributed by atoms with van der Waals surface area (Å²) < 4.78 is 5.25. The molecule has 0 unspecified atom stereocenters. The highest BCUT2D eigenvalue weighted by Gasteiger charge is 2.21. The molecule has 1 fully saturated rings. The number of nitrogens with zero attached hydrogens (tertiary/aromatic N) is 6. The molecule has 10 heteroatoms. The Morgan fingerprint density at radius 2 is 1.85 bits per heavy atom.